The Morgan fingerprint density at radius 2 is 1.91 bits per heavy atom. The molecule has 0 radical (unpaired) electrons. The topological polar surface area (TPSA) is 66.4 Å². The summed E-state index contributed by atoms with van der Waals surface area (Å²) in [6, 6.07) is 8.22. The lowest BCUT2D eigenvalue weighted by Gasteiger charge is -2.38. The second-order valence-electron chi connectivity index (χ2n) is 7.20. The Hall–Kier alpha value is -1.49. The van der Waals surface area contributed by atoms with Crippen molar-refractivity contribution >= 4 is 23.6 Å². The number of rotatable bonds is 5. The average Bonchev–Trinajstić information content (AvgIpc) is 2.49. The van der Waals surface area contributed by atoms with Gasteiger partial charge < -0.3 is 10.4 Å². The molecule has 0 saturated heterocycles. The highest BCUT2D eigenvalue weighted by atomic mass is 32.2. The van der Waals surface area contributed by atoms with Gasteiger partial charge in [0.25, 0.3) is 0 Å². The summed E-state index contributed by atoms with van der Waals surface area (Å²) in [5.41, 5.74) is 1.98. The molecule has 1 atom stereocenters. The minimum Gasteiger partial charge on any atom is -0.480 e. The largest absolute Gasteiger partial charge is 0.480 e. The van der Waals surface area contributed by atoms with E-state index < -0.39 is 11.4 Å². The number of carbonyl (C=O) groups is 2. The Kier molecular flexibility index (Phi) is 5.40. The van der Waals surface area contributed by atoms with Crippen LogP contribution in [0.15, 0.2) is 24.3 Å². The van der Waals surface area contributed by atoms with Crippen LogP contribution in [0.3, 0.4) is 0 Å². The van der Waals surface area contributed by atoms with E-state index in [1.807, 2.05) is 12.1 Å². The quantitative estimate of drug-likeness (QED) is 0.868. The molecule has 1 unspecified atom stereocenters. The fourth-order valence-corrected chi connectivity index (χ4v) is 3.97. The SMILES string of the molecule is CC(C)(C)SCC1(C(=O)NCC(=O)O)CCc2ccccc2C1. The molecule has 0 fully saturated rings. The van der Waals surface area contributed by atoms with Crippen molar-refractivity contribution in [3.63, 3.8) is 0 Å². The third-order valence-corrected chi connectivity index (χ3v) is 5.75. The number of hydrogen-bond acceptors (Lipinski definition) is 3. The molecular weight excluding hydrogens is 310 g/mol. The lowest BCUT2D eigenvalue weighted by molar-refractivity contribution is -0.140. The summed E-state index contributed by atoms with van der Waals surface area (Å²) in [6.07, 6.45) is 2.30. The van der Waals surface area contributed by atoms with Crippen LogP contribution in [0.5, 0.6) is 0 Å². The van der Waals surface area contributed by atoms with Crippen molar-refractivity contribution in [3.8, 4) is 0 Å². The Morgan fingerprint density at radius 3 is 2.52 bits per heavy atom. The van der Waals surface area contributed by atoms with Gasteiger partial charge in [-0.15, -0.1) is 0 Å². The van der Waals surface area contributed by atoms with Gasteiger partial charge in [-0.05, 0) is 30.4 Å². The first-order valence-electron chi connectivity index (χ1n) is 7.93. The molecule has 5 heteroatoms. The Labute approximate surface area is 142 Å². The van der Waals surface area contributed by atoms with E-state index in [1.54, 1.807) is 11.8 Å². The third kappa shape index (κ3) is 4.74. The Bertz CT molecular complexity index is 594. The van der Waals surface area contributed by atoms with E-state index in [9.17, 15) is 9.59 Å². The zero-order chi connectivity index (χ0) is 17.1. The number of carbonyl (C=O) groups excluding carboxylic acids is 1. The van der Waals surface area contributed by atoms with Crippen molar-refractivity contribution in [2.45, 2.75) is 44.8 Å². The van der Waals surface area contributed by atoms with E-state index in [4.69, 9.17) is 5.11 Å². The van der Waals surface area contributed by atoms with Gasteiger partial charge in [0.2, 0.25) is 5.91 Å². The van der Waals surface area contributed by atoms with Crippen molar-refractivity contribution in [2.75, 3.05) is 12.3 Å². The monoisotopic (exact) mass is 335 g/mol. The molecular formula is C18H25NO3S. The molecule has 2 rings (SSSR count). The van der Waals surface area contributed by atoms with E-state index >= 15 is 0 Å². The number of fused-ring (bicyclic) bond motifs is 1. The molecule has 126 valence electrons. The first-order valence-corrected chi connectivity index (χ1v) is 8.91. The first kappa shape index (κ1) is 17.9. The second kappa shape index (κ2) is 6.95. The molecule has 1 aliphatic rings. The molecule has 0 aromatic heterocycles. The average molecular weight is 335 g/mol. The van der Waals surface area contributed by atoms with Crippen LogP contribution in [0.2, 0.25) is 0 Å². The molecule has 23 heavy (non-hydrogen) atoms. The van der Waals surface area contributed by atoms with Crippen molar-refractivity contribution in [1.29, 1.82) is 0 Å². The van der Waals surface area contributed by atoms with Gasteiger partial charge in [0.1, 0.15) is 6.54 Å². The molecule has 0 spiro atoms. The molecule has 0 bridgehead atoms. The van der Waals surface area contributed by atoms with Gasteiger partial charge in [-0.2, -0.15) is 11.8 Å². The van der Waals surface area contributed by atoms with Crippen LogP contribution in [-0.4, -0.2) is 34.0 Å². The smallest absolute Gasteiger partial charge is 0.322 e. The van der Waals surface area contributed by atoms with Gasteiger partial charge in [0.05, 0.1) is 5.41 Å². The maximum absolute atomic E-state index is 12.8. The van der Waals surface area contributed by atoms with E-state index in [1.165, 1.54) is 11.1 Å². The molecule has 1 aromatic rings. The van der Waals surface area contributed by atoms with Crippen molar-refractivity contribution in [3.05, 3.63) is 35.4 Å². The summed E-state index contributed by atoms with van der Waals surface area (Å²) < 4.78 is 0.0665. The van der Waals surface area contributed by atoms with Crippen LogP contribution in [-0.2, 0) is 22.4 Å². The van der Waals surface area contributed by atoms with Crippen LogP contribution in [0.1, 0.15) is 38.3 Å². The number of thioether (sulfide) groups is 1. The number of benzene rings is 1. The number of aryl methyl sites for hydroxylation is 1. The van der Waals surface area contributed by atoms with Gasteiger partial charge in [0, 0.05) is 10.5 Å². The predicted molar refractivity (Wildman–Crippen MR) is 93.8 cm³/mol. The summed E-state index contributed by atoms with van der Waals surface area (Å²) in [6.45, 7) is 6.09. The van der Waals surface area contributed by atoms with E-state index in [0.29, 0.717) is 12.2 Å². The number of nitrogens with one attached hydrogen (secondary N) is 1. The highest BCUT2D eigenvalue weighted by molar-refractivity contribution is 8.00. The van der Waals surface area contributed by atoms with Gasteiger partial charge in [-0.25, -0.2) is 0 Å². The standard InChI is InChI=1S/C18H25NO3S/c1-17(2,3)23-12-18(16(22)19-11-15(20)21)9-8-13-6-4-5-7-14(13)10-18/h4-7H,8-12H2,1-3H3,(H,19,22)(H,20,21). The van der Waals surface area contributed by atoms with Gasteiger partial charge in [0.15, 0.2) is 0 Å². The van der Waals surface area contributed by atoms with Crippen LogP contribution in [0.25, 0.3) is 0 Å². The zero-order valence-corrected chi connectivity index (χ0v) is 14.8. The van der Waals surface area contributed by atoms with E-state index in [0.717, 1.165) is 12.8 Å². The van der Waals surface area contributed by atoms with E-state index in [2.05, 4.69) is 38.2 Å². The molecule has 1 aliphatic carbocycles. The lowest BCUT2D eigenvalue weighted by Crippen LogP contribution is -2.48. The molecule has 2 N–H and O–H groups in total. The fraction of sp³-hybridized carbons (Fsp3) is 0.556. The second-order valence-corrected chi connectivity index (χ2v) is 9.01. The van der Waals surface area contributed by atoms with Gasteiger partial charge >= 0.3 is 5.97 Å². The van der Waals surface area contributed by atoms with Crippen LogP contribution in [0.4, 0.5) is 0 Å². The maximum Gasteiger partial charge on any atom is 0.322 e. The van der Waals surface area contributed by atoms with Crippen molar-refractivity contribution in [2.24, 2.45) is 5.41 Å². The van der Waals surface area contributed by atoms with Crippen LogP contribution >= 0.6 is 11.8 Å². The normalized spacial score (nSPS) is 20.7. The lowest BCUT2D eigenvalue weighted by atomic mass is 9.72. The summed E-state index contributed by atoms with van der Waals surface area (Å²) in [4.78, 5) is 23.5. The first-order chi connectivity index (χ1) is 10.7. The summed E-state index contributed by atoms with van der Waals surface area (Å²) in [5, 5.41) is 11.4. The molecule has 4 nitrogen and oxygen atoms in total. The minimum atomic E-state index is -1.01. The van der Waals surface area contributed by atoms with Crippen molar-refractivity contribution < 1.29 is 14.7 Å². The summed E-state index contributed by atoms with van der Waals surface area (Å²) in [7, 11) is 0. The number of amides is 1. The molecule has 0 saturated carbocycles. The van der Waals surface area contributed by atoms with Gasteiger partial charge in [-0.1, -0.05) is 45.0 Å². The summed E-state index contributed by atoms with van der Waals surface area (Å²) in [5.74, 6) is -0.435. The number of carboxylic acids is 1. The Morgan fingerprint density at radius 1 is 1.26 bits per heavy atom. The number of aliphatic carboxylic acids is 1. The number of hydrogen-bond donors (Lipinski definition) is 2. The minimum absolute atomic E-state index is 0.0665. The molecule has 1 aromatic carbocycles. The zero-order valence-electron chi connectivity index (χ0n) is 14.0. The maximum atomic E-state index is 12.8. The van der Waals surface area contributed by atoms with Crippen LogP contribution in [0, 0.1) is 5.41 Å². The Balaban J connectivity index is 2.22. The van der Waals surface area contributed by atoms with Crippen LogP contribution < -0.4 is 5.32 Å². The highest BCUT2D eigenvalue weighted by Gasteiger charge is 2.42. The third-order valence-electron chi connectivity index (χ3n) is 4.18. The van der Waals surface area contributed by atoms with E-state index in [-0.39, 0.29) is 17.2 Å². The molecule has 1 amide bonds. The summed E-state index contributed by atoms with van der Waals surface area (Å²) >= 11 is 1.77. The van der Waals surface area contributed by atoms with Gasteiger partial charge in [-0.3, -0.25) is 9.59 Å². The number of carboxylic acid groups (broad SMARTS) is 1. The molecule has 0 aliphatic heterocycles. The fourth-order valence-electron chi connectivity index (χ4n) is 2.88. The molecule has 0 heterocycles. The van der Waals surface area contributed by atoms with Crippen molar-refractivity contribution in [1.82, 2.24) is 5.32 Å². The highest BCUT2D eigenvalue weighted by Crippen LogP contribution is 2.41. The predicted octanol–water partition coefficient (Wildman–Crippen LogP) is 2.89.